The van der Waals surface area contributed by atoms with Crippen molar-refractivity contribution < 1.29 is 14.9 Å². The van der Waals surface area contributed by atoms with E-state index in [0.717, 1.165) is 5.69 Å². The van der Waals surface area contributed by atoms with Gasteiger partial charge in [-0.2, -0.15) is 0 Å². The monoisotopic (exact) mass is 229 g/mol. The number of aliphatic hydroxyl groups excluding tert-OH is 2. The molecule has 1 rings (SSSR count). The molecule has 0 fully saturated rings. The van der Waals surface area contributed by atoms with E-state index < -0.39 is 6.29 Å². The molecule has 1 aromatic heterocycles. The largest absolute Gasteiger partial charge is 0.390 e. The number of hydrogen-bond donors (Lipinski definition) is 2. The smallest absolute Gasteiger partial charge is 0.161 e. The molecule has 1 aromatic rings. The van der Waals surface area contributed by atoms with Crippen molar-refractivity contribution in [1.29, 1.82) is 0 Å². The molecule has 92 valence electrons. The van der Waals surface area contributed by atoms with Crippen LogP contribution in [0.4, 0.5) is 0 Å². The van der Waals surface area contributed by atoms with E-state index >= 15 is 0 Å². The summed E-state index contributed by atoms with van der Waals surface area (Å²) >= 11 is 0. The van der Waals surface area contributed by atoms with Gasteiger partial charge >= 0.3 is 0 Å². The highest BCUT2D eigenvalue weighted by molar-refractivity contribution is 5.05. The lowest BCUT2D eigenvalue weighted by Crippen LogP contribution is -2.30. The highest BCUT2D eigenvalue weighted by Gasteiger charge is 2.23. The van der Waals surface area contributed by atoms with Crippen molar-refractivity contribution in [1.82, 2.24) is 15.0 Å². The van der Waals surface area contributed by atoms with Crippen molar-refractivity contribution in [3.05, 3.63) is 11.4 Å². The van der Waals surface area contributed by atoms with Crippen molar-refractivity contribution in [3.8, 4) is 0 Å². The zero-order chi connectivity index (χ0) is 12.3. The summed E-state index contributed by atoms with van der Waals surface area (Å²) in [5.74, 6) is 0. The van der Waals surface area contributed by atoms with Gasteiger partial charge in [0, 0.05) is 5.41 Å². The SMILES string of the molecule is Cc1c(CO)nnn1COC(O)C(C)(C)C. The molecule has 0 aliphatic heterocycles. The molecule has 0 saturated heterocycles. The van der Waals surface area contributed by atoms with E-state index in [9.17, 15) is 5.11 Å². The fourth-order valence-electron chi connectivity index (χ4n) is 1.06. The molecule has 0 amide bonds. The van der Waals surface area contributed by atoms with Gasteiger partial charge in [-0.15, -0.1) is 5.10 Å². The standard InChI is InChI=1S/C10H19N3O3/c1-7-8(5-14)11-12-13(7)6-16-9(15)10(2,3)4/h9,14-15H,5-6H2,1-4H3. The molecular formula is C10H19N3O3. The van der Waals surface area contributed by atoms with Crippen LogP contribution in [0, 0.1) is 12.3 Å². The van der Waals surface area contributed by atoms with Crippen LogP contribution >= 0.6 is 0 Å². The predicted molar refractivity (Wildman–Crippen MR) is 57.2 cm³/mol. The molecular weight excluding hydrogens is 210 g/mol. The highest BCUT2D eigenvalue weighted by atomic mass is 16.6. The molecule has 0 aromatic carbocycles. The molecule has 0 spiro atoms. The van der Waals surface area contributed by atoms with Crippen molar-refractivity contribution >= 4 is 0 Å². The fraction of sp³-hybridized carbons (Fsp3) is 0.800. The molecule has 6 heteroatoms. The molecule has 16 heavy (non-hydrogen) atoms. The van der Waals surface area contributed by atoms with E-state index in [2.05, 4.69) is 10.3 Å². The van der Waals surface area contributed by atoms with Crippen molar-refractivity contribution in [2.75, 3.05) is 0 Å². The van der Waals surface area contributed by atoms with Gasteiger partial charge in [-0.25, -0.2) is 4.68 Å². The third kappa shape index (κ3) is 3.01. The van der Waals surface area contributed by atoms with Gasteiger partial charge in [0.25, 0.3) is 0 Å². The Balaban J connectivity index is 2.58. The first-order valence-electron chi connectivity index (χ1n) is 5.15. The first-order chi connectivity index (χ1) is 7.36. The number of aliphatic hydroxyl groups is 2. The van der Waals surface area contributed by atoms with Crippen LogP contribution in [-0.2, 0) is 18.1 Å². The van der Waals surface area contributed by atoms with Crippen LogP contribution in [0.5, 0.6) is 0 Å². The lowest BCUT2D eigenvalue weighted by atomic mass is 9.96. The molecule has 1 unspecified atom stereocenters. The quantitative estimate of drug-likeness (QED) is 0.731. The van der Waals surface area contributed by atoms with Gasteiger partial charge in [0.1, 0.15) is 12.4 Å². The minimum atomic E-state index is -0.867. The maximum atomic E-state index is 9.67. The molecule has 0 saturated carbocycles. The van der Waals surface area contributed by atoms with Crippen LogP contribution in [0.3, 0.4) is 0 Å². The molecule has 0 radical (unpaired) electrons. The summed E-state index contributed by atoms with van der Waals surface area (Å²) in [5.41, 5.74) is 0.923. The zero-order valence-corrected chi connectivity index (χ0v) is 10.1. The summed E-state index contributed by atoms with van der Waals surface area (Å²) in [6.07, 6.45) is -0.867. The molecule has 0 aliphatic carbocycles. The molecule has 0 bridgehead atoms. The van der Waals surface area contributed by atoms with Gasteiger partial charge in [0.05, 0.1) is 12.3 Å². The van der Waals surface area contributed by atoms with Crippen molar-refractivity contribution in [3.63, 3.8) is 0 Å². The molecule has 0 aliphatic rings. The second-order valence-corrected chi connectivity index (χ2v) is 4.79. The lowest BCUT2D eigenvalue weighted by Gasteiger charge is -2.25. The Bertz CT molecular complexity index is 344. The van der Waals surface area contributed by atoms with Crippen LogP contribution in [0.15, 0.2) is 0 Å². The Hall–Kier alpha value is -0.980. The summed E-state index contributed by atoms with van der Waals surface area (Å²) in [6.45, 7) is 7.41. The first-order valence-corrected chi connectivity index (χ1v) is 5.15. The average Bonchev–Trinajstić information content (AvgIpc) is 2.54. The second-order valence-electron chi connectivity index (χ2n) is 4.79. The molecule has 2 N–H and O–H groups in total. The zero-order valence-electron chi connectivity index (χ0n) is 10.1. The summed E-state index contributed by atoms with van der Waals surface area (Å²) < 4.78 is 6.77. The Morgan fingerprint density at radius 3 is 2.50 bits per heavy atom. The van der Waals surface area contributed by atoms with E-state index in [1.807, 2.05) is 20.8 Å². The van der Waals surface area contributed by atoms with Crippen LogP contribution in [0.25, 0.3) is 0 Å². The van der Waals surface area contributed by atoms with Crippen molar-refractivity contribution in [2.24, 2.45) is 5.41 Å². The van der Waals surface area contributed by atoms with Crippen LogP contribution in [-0.4, -0.2) is 31.5 Å². The van der Waals surface area contributed by atoms with E-state index in [-0.39, 0.29) is 18.8 Å². The normalized spacial score (nSPS) is 14.1. The molecule has 6 nitrogen and oxygen atoms in total. The van der Waals surface area contributed by atoms with Gasteiger partial charge in [0.15, 0.2) is 6.29 Å². The van der Waals surface area contributed by atoms with Crippen LogP contribution in [0.1, 0.15) is 32.2 Å². The van der Waals surface area contributed by atoms with E-state index in [1.165, 1.54) is 4.68 Å². The van der Waals surface area contributed by atoms with Gasteiger partial charge in [-0.05, 0) is 6.92 Å². The summed E-state index contributed by atoms with van der Waals surface area (Å²) in [7, 11) is 0. The number of nitrogens with zero attached hydrogens (tertiary/aromatic N) is 3. The van der Waals surface area contributed by atoms with Crippen LogP contribution in [0.2, 0.25) is 0 Å². The molecule has 1 heterocycles. The van der Waals surface area contributed by atoms with Gasteiger partial charge in [0.2, 0.25) is 0 Å². The third-order valence-corrected chi connectivity index (χ3v) is 2.32. The fourth-order valence-corrected chi connectivity index (χ4v) is 1.06. The predicted octanol–water partition coefficient (Wildman–Crippen LogP) is 0.417. The number of rotatable bonds is 4. The Morgan fingerprint density at radius 2 is 2.06 bits per heavy atom. The maximum Gasteiger partial charge on any atom is 0.161 e. The number of aromatic nitrogens is 3. The van der Waals surface area contributed by atoms with Gasteiger partial charge < -0.3 is 14.9 Å². The van der Waals surface area contributed by atoms with Crippen LogP contribution < -0.4 is 0 Å². The topological polar surface area (TPSA) is 80.4 Å². The highest BCUT2D eigenvalue weighted by Crippen LogP contribution is 2.20. The second kappa shape index (κ2) is 4.90. The molecule has 1 atom stereocenters. The van der Waals surface area contributed by atoms with Gasteiger partial charge in [-0.3, -0.25) is 0 Å². The Kier molecular flexibility index (Phi) is 4.01. The summed E-state index contributed by atoms with van der Waals surface area (Å²) in [5, 5.41) is 26.2. The summed E-state index contributed by atoms with van der Waals surface area (Å²) in [6, 6.07) is 0. The van der Waals surface area contributed by atoms with E-state index in [1.54, 1.807) is 6.92 Å². The van der Waals surface area contributed by atoms with E-state index in [4.69, 9.17) is 9.84 Å². The number of ether oxygens (including phenoxy) is 1. The minimum absolute atomic E-state index is 0.122. The maximum absolute atomic E-state index is 9.67. The average molecular weight is 229 g/mol. The minimum Gasteiger partial charge on any atom is -0.390 e. The van der Waals surface area contributed by atoms with Crippen molar-refractivity contribution in [2.45, 2.75) is 47.3 Å². The number of hydrogen-bond acceptors (Lipinski definition) is 5. The third-order valence-electron chi connectivity index (χ3n) is 2.32. The first kappa shape index (κ1) is 13.1. The Labute approximate surface area is 94.8 Å². The lowest BCUT2D eigenvalue weighted by molar-refractivity contribution is -0.181. The summed E-state index contributed by atoms with van der Waals surface area (Å²) in [4.78, 5) is 0. The van der Waals surface area contributed by atoms with E-state index in [0.29, 0.717) is 5.69 Å². The van der Waals surface area contributed by atoms with Gasteiger partial charge in [-0.1, -0.05) is 26.0 Å². The Morgan fingerprint density at radius 1 is 1.44 bits per heavy atom.